The maximum atomic E-state index is 11.9. The molecule has 1 unspecified atom stereocenters. The summed E-state index contributed by atoms with van der Waals surface area (Å²) in [5.74, 6) is 0.736. The van der Waals surface area contributed by atoms with Crippen molar-refractivity contribution in [1.29, 1.82) is 0 Å². The van der Waals surface area contributed by atoms with Crippen LogP contribution in [0.4, 0.5) is 0 Å². The van der Waals surface area contributed by atoms with Crippen LogP contribution in [-0.2, 0) is 4.79 Å². The van der Waals surface area contributed by atoms with Crippen LogP contribution in [0.25, 0.3) is 0 Å². The molecule has 0 aromatic carbocycles. The first-order chi connectivity index (χ1) is 8.20. The van der Waals surface area contributed by atoms with Crippen molar-refractivity contribution in [2.45, 2.75) is 51.1 Å². The van der Waals surface area contributed by atoms with Gasteiger partial charge in [-0.2, -0.15) is 0 Å². The Morgan fingerprint density at radius 3 is 2.71 bits per heavy atom. The Hall–Kier alpha value is -0.610. The normalized spacial score (nSPS) is 33.4. The minimum absolute atomic E-state index is 0.0530. The van der Waals surface area contributed by atoms with Crippen LogP contribution in [-0.4, -0.2) is 42.5 Å². The third kappa shape index (κ3) is 3.19. The fourth-order valence-corrected chi connectivity index (χ4v) is 2.97. The zero-order chi connectivity index (χ0) is 12.3. The number of nitrogens with two attached hydrogens (primary N) is 1. The van der Waals surface area contributed by atoms with E-state index in [0.717, 1.165) is 25.8 Å². The molecule has 2 bridgehead atoms. The fourth-order valence-electron chi connectivity index (χ4n) is 2.97. The molecular formula is C13H25N3O. The van der Waals surface area contributed by atoms with Crippen molar-refractivity contribution in [2.75, 3.05) is 19.6 Å². The lowest BCUT2D eigenvalue weighted by molar-refractivity contribution is -0.124. The number of carbonyl (C=O) groups is 1. The summed E-state index contributed by atoms with van der Waals surface area (Å²) in [4.78, 5) is 14.4. The van der Waals surface area contributed by atoms with Gasteiger partial charge in [0.2, 0.25) is 5.91 Å². The number of hydrogen-bond donors (Lipinski definition) is 2. The number of nitrogens with zero attached hydrogens (tertiary/aromatic N) is 1. The van der Waals surface area contributed by atoms with Gasteiger partial charge in [0, 0.05) is 12.6 Å². The predicted molar refractivity (Wildman–Crippen MR) is 68.6 cm³/mol. The highest BCUT2D eigenvalue weighted by atomic mass is 16.2. The van der Waals surface area contributed by atoms with Gasteiger partial charge >= 0.3 is 0 Å². The van der Waals surface area contributed by atoms with Crippen molar-refractivity contribution in [3.8, 4) is 0 Å². The average molecular weight is 239 g/mol. The summed E-state index contributed by atoms with van der Waals surface area (Å²) < 4.78 is 0. The van der Waals surface area contributed by atoms with Gasteiger partial charge in [-0.15, -0.1) is 0 Å². The maximum absolute atomic E-state index is 11.9. The molecule has 2 atom stereocenters. The topological polar surface area (TPSA) is 58.4 Å². The molecule has 0 radical (unpaired) electrons. The Kier molecular flexibility index (Phi) is 4.40. The molecule has 0 saturated carbocycles. The minimum atomic E-state index is -0.314. The van der Waals surface area contributed by atoms with Gasteiger partial charge in [-0.1, -0.05) is 19.8 Å². The Balaban J connectivity index is 1.78. The maximum Gasteiger partial charge on any atom is 0.237 e. The van der Waals surface area contributed by atoms with Gasteiger partial charge in [-0.25, -0.2) is 0 Å². The lowest BCUT2D eigenvalue weighted by atomic mass is 9.84. The van der Waals surface area contributed by atoms with Crippen molar-refractivity contribution in [2.24, 2.45) is 11.7 Å². The van der Waals surface area contributed by atoms with Crippen LogP contribution < -0.4 is 11.1 Å². The summed E-state index contributed by atoms with van der Waals surface area (Å²) >= 11 is 0. The van der Waals surface area contributed by atoms with Gasteiger partial charge in [0.25, 0.3) is 0 Å². The zero-order valence-electron chi connectivity index (χ0n) is 10.8. The van der Waals surface area contributed by atoms with Crippen molar-refractivity contribution in [3.63, 3.8) is 0 Å². The molecule has 17 heavy (non-hydrogen) atoms. The number of amides is 1. The van der Waals surface area contributed by atoms with Crippen LogP contribution in [0.1, 0.15) is 39.0 Å². The van der Waals surface area contributed by atoms with Gasteiger partial charge in [-0.3, -0.25) is 4.79 Å². The lowest BCUT2D eigenvalue weighted by Gasteiger charge is -2.45. The summed E-state index contributed by atoms with van der Waals surface area (Å²) in [5.41, 5.74) is 5.89. The van der Waals surface area contributed by atoms with Crippen LogP contribution in [0.5, 0.6) is 0 Å². The first-order valence-corrected chi connectivity index (χ1v) is 6.99. The fraction of sp³-hybridized carbons (Fsp3) is 0.923. The van der Waals surface area contributed by atoms with Crippen LogP contribution >= 0.6 is 0 Å². The summed E-state index contributed by atoms with van der Waals surface area (Å²) in [5, 5.41) is 3.15. The number of rotatable bonds is 5. The highest BCUT2D eigenvalue weighted by molar-refractivity contribution is 5.81. The number of fused-ring (bicyclic) bond motifs is 3. The zero-order valence-corrected chi connectivity index (χ0v) is 10.8. The Morgan fingerprint density at radius 1 is 1.47 bits per heavy atom. The summed E-state index contributed by atoms with van der Waals surface area (Å²) in [6.07, 6.45) is 5.41. The van der Waals surface area contributed by atoms with E-state index in [1.165, 1.54) is 25.9 Å². The van der Waals surface area contributed by atoms with E-state index in [1.807, 2.05) is 0 Å². The Labute approximate surface area is 104 Å². The number of hydrogen-bond acceptors (Lipinski definition) is 3. The van der Waals surface area contributed by atoms with E-state index in [2.05, 4.69) is 17.1 Å². The molecule has 0 aromatic rings. The van der Waals surface area contributed by atoms with E-state index >= 15 is 0 Å². The van der Waals surface area contributed by atoms with E-state index in [0.29, 0.717) is 12.0 Å². The highest BCUT2D eigenvalue weighted by Crippen LogP contribution is 2.27. The van der Waals surface area contributed by atoms with Crippen molar-refractivity contribution in [3.05, 3.63) is 0 Å². The van der Waals surface area contributed by atoms with Crippen molar-refractivity contribution in [1.82, 2.24) is 10.2 Å². The van der Waals surface area contributed by atoms with Crippen LogP contribution in [0.15, 0.2) is 0 Å². The van der Waals surface area contributed by atoms with Crippen LogP contribution in [0.2, 0.25) is 0 Å². The standard InChI is InChI=1S/C13H25N3O/c1-2-3-4-11(14)13(17)15-12-9-16-7-5-10(12)6-8-16/h10-12H,2-9,14H2,1H3,(H,15,17)/t11-,12?/m0/s1. The van der Waals surface area contributed by atoms with Crippen molar-refractivity contribution >= 4 is 5.91 Å². The average Bonchev–Trinajstić information content (AvgIpc) is 2.37. The van der Waals surface area contributed by atoms with Crippen LogP contribution in [0, 0.1) is 5.92 Å². The number of unbranched alkanes of at least 4 members (excludes halogenated alkanes) is 1. The molecule has 4 nitrogen and oxygen atoms in total. The molecule has 3 fully saturated rings. The van der Waals surface area contributed by atoms with E-state index in [1.54, 1.807) is 0 Å². The molecule has 3 N–H and O–H groups in total. The molecule has 0 spiro atoms. The second-order valence-corrected chi connectivity index (χ2v) is 5.50. The summed E-state index contributed by atoms with van der Waals surface area (Å²) in [6.45, 7) is 5.56. The molecule has 98 valence electrons. The van der Waals surface area contributed by atoms with Gasteiger partial charge in [0.15, 0.2) is 0 Å². The molecule has 3 saturated heterocycles. The predicted octanol–water partition coefficient (Wildman–Crippen LogP) is 0.714. The SMILES string of the molecule is CCCC[C@H](N)C(=O)NC1CN2CCC1CC2. The molecule has 0 aliphatic carbocycles. The molecule has 3 heterocycles. The second-order valence-electron chi connectivity index (χ2n) is 5.50. The monoisotopic (exact) mass is 239 g/mol. The van der Waals surface area contributed by atoms with Crippen molar-refractivity contribution < 1.29 is 4.79 Å². The molecule has 3 aliphatic heterocycles. The largest absolute Gasteiger partial charge is 0.350 e. The van der Waals surface area contributed by atoms with E-state index in [4.69, 9.17) is 5.73 Å². The first kappa shape index (κ1) is 12.8. The number of piperidine rings is 3. The number of nitrogens with one attached hydrogen (secondary N) is 1. The number of carbonyl (C=O) groups excluding carboxylic acids is 1. The minimum Gasteiger partial charge on any atom is -0.350 e. The second kappa shape index (κ2) is 5.83. The Morgan fingerprint density at radius 2 is 2.18 bits per heavy atom. The molecule has 1 amide bonds. The van der Waals surface area contributed by atoms with E-state index < -0.39 is 0 Å². The molecule has 3 aliphatic rings. The quantitative estimate of drug-likeness (QED) is 0.743. The van der Waals surface area contributed by atoms with Gasteiger partial charge < -0.3 is 16.0 Å². The van der Waals surface area contributed by atoms with Gasteiger partial charge in [-0.05, 0) is 38.3 Å². The van der Waals surface area contributed by atoms with E-state index in [9.17, 15) is 4.79 Å². The molecule has 4 heteroatoms. The smallest absolute Gasteiger partial charge is 0.237 e. The molecule has 3 rings (SSSR count). The Bertz CT molecular complexity index is 261. The third-order valence-electron chi connectivity index (χ3n) is 4.19. The summed E-state index contributed by atoms with van der Waals surface area (Å²) in [7, 11) is 0. The van der Waals surface area contributed by atoms with E-state index in [-0.39, 0.29) is 11.9 Å². The summed E-state index contributed by atoms with van der Waals surface area (Å²) in [6, 6.07) is 0.0306. The molecular weight excluding hydrogens is 214 g/mol. The third-order valence-corrected chi connectivity index (χ3v) is 4.19. The van der Waals surface area contributed by atoms with Gasteiger partial charge in [0.1, 0.15) is 0 Å². The van der Waals surface area contributed by atoms with Crippen LogP contribution in [0.3, 0.4) is 0 Å². The first-order valence-electron chi connectivity index (χ1n) is 6.99. The van der Waals surface area contributed by atoms with Gasteiger partial charge in [0.05, 0.1) is 6.04 Å². The molecule has 0 aromatic heterocycles. The lowest BCUT2D eigenvalue weighted by Crippen LogP contribution is -2.59. The highest BCUT2D eigenvalue weighted by Gasteiger charge is 2.35.